The van der Waals surface area contributed by atoms with Crippen LogP contribution >= 0.6 is 0 Å². The fourth-order valence-electron chi connectivity index (χ4n) is 2.53. The zero-order valence-corrected chi connectivity index (χ0v) is 13.0. The molecular weight excluding hydrogens is 242 g/mol. The highest BCUT2D eigenvalue weighted by molar-refractivity contribution is 5.65. The minimum absolute atomic E-state index is 0.535. The molecule has 0 heterocycles. The number of aryl methyl sites for hydroxylation is 2. The summed E-state index contributed by atoms with van der Waals surface area (Å²) in [4.78, 5) is 0. The van der Waals surface area contributed by atoms with Gasteiger partial charge in [0.15, 0.2) is 0 Å². The van der Waals surface area contributed by atoms with E-state index in [-0.39, 0.29) is 0 Å². The van der Waals surface area contributed by atoms with Crippen LogP contribution in [0.2, 0.25) is 0 Å². The average Bonchev–Trinajstić information content (AvgIpc) is 2.43. The summed E-state index contributed by atoms with van der Waals surface area (Å²) in [5, 5.41) is 3.45. The first-order chi connectivity index (χ1) is 9.60. The summed E-state index contributed by atoms with van der Waals surface area (Å²) in [5.41, 5.74) is 6.70. The molecule has 20 heavy (non-hydrogen) atoms. The first-order valence-electron chi connectivity index (χ1n) is 7.50. The Hall–Kier alpha value is -1.60. The average molecular weight is 267 g/mol. The van der Waals surface area contributed by atoms with Crippen LogP contribution in [0.1, 0.15) is 30.5 Å². The Kier molecular flexibility index (Phi) is 4.97. The molecule has 0 aromatic heterocycles. The molecule has 0 saturated heterocycles. The molecule has 106 valence electrons. The predicted octanol–water partition coefficient (Wildman–Crippen LogP) is 4.51. The highest BCUT2D eigenvalue weighted by Gasteiger charge is 2.03. The van der Waals surface area contributed by atoms with Crippen LogP contribution in [-0.2, 0) is 6.42 Å². The van der Waals surface area contributed by atoms with E-state index < -0.39 is 0 Å². The summed E-state index contributed by atoms with van der Waals surface area (Å²) < 4.78 is 0. The third-order valence-electron chi connectivity index (χ3n) is 3.89. The number of hydrogen-bond donors (Lipinski definition) is 1. The molecule has 1 atom stereocenters. The van der Waals surface area contributed by atoms with Crippen molar-refractivity contribution in [3.8, 4) is 11.1 Å². The molecule has 0 spiro atoms. The van der Waals surface area contributed by atoms with E-state index in [1.165, 1.54) is 27.8 Å². The van der Waals surface area contributed by atoms with E-state index in [0.29, 0.717) is 6.04 Å². The summed E-state index contributed by atoms with van der Waals surface area (Å²) in [6.45, 7) is 9.75. The van der Waals surface area contributed by atoms with E-state index in [1.54, 1.807) is 0 Å². The Morgan fingerprint density at radius 2 is 1.55 bits per heavy atom. The van der Waals surface area contributed by atoms with Crippen molar-refractivity contribution < 1.29 is 0 Å². The summed E-state index contributed by atoms with van der Waals surface area (Å²) in [7, 11) is 0. The van der Waals surface area contributed by atoms with Crippen LogP contribution < -0.4 is 5.32 Å². The van der Waals surface area contributed by atoms with E-state index in [2.05, 4.69) is 75.5 Å². The van der Waals surface area contributed by atoms with Gasteiger partial charge in [0.1, 0.15) is 0 Å². The topological polar surface area (TPSA) is 12.0 Å². The van der Waals surface area contributed by atoms with Crippen LogP contribution in [0, 0.1) is 13.8 Å². The van der Waals surface area contributed by atoms with Crippen molar-refractivity contribution in [3.63, 3.8) is 0 Å². The second-order valence-corrected chi connectivity index (χ2v) is 5.66. The van der Waals surface area contributed by atoms with Gasteiger partial charge in [0.25, 0.3) is 0 Å². The first kappa shape index (κ1) is 14.8. The summed E-state index contributed by atoms with van der Waals surface area (Å²) in [5.74, 6) is 0. The first-order valence-corrected chi connectivity index (χ1v) is 7.50. The Morgan fingerprint density at radius 3 is 2.15 bits per heavy atom. The minimum Gasteiger partial charge on any atom is -0.314 e. The van der Waals surface area contributed by atoms with Gasteiger partial charge in [-0.15, -0.1) is 0 Å². The van der Waals surface area contributed by atoms with Gasteiger partial charge in [-0.1, -0.05) is 49.4 Å². The van der Waals surface area contributed by atoms with Crippen LogP contribution in [0.15, 0.2) is 42.5 Å². The molecule has 0 bridgehead atoms. The van der Waals surface area contributed by atoms with Crippen LogP contribution in [0.3, 0.4) is 0 Å². The van der Waals surface area contributed by atoms with E-state index >= 15 is 0 Å². The lowest BCUT2D eigenvalue weighted by atomic mass is 9.98. The molecule has 0 aliphatic heterocycles. The Balaban J connectivity index is 2.13. The van der Waals surface area contributed by atoms with Gasteiger partial charge in [-0.25, -0.2) is 0 Å². The Labute approximate surface area is 123 Å². The van der Waals surface area contributed by atoms with Gasteiger partial charge in [-0.05, 0) is 61.6 Å². The van der Waals surface area contributed by atoms with Crippen molar-refractivity contribution in [2.75, 3.05) is 6.54 Å². The molecule has 0 amide bonds. The molecule has 0 saturated carbocycles. The van der Waals surface area contributed by atoms with Crippen LogP contribution in [0.4, 0.5) is 0 Å². The Bertz CT molecular complexity index is 554. The smallest absolute Gasteiger partial charge is 0.00790 e. The highest BCUT2D eigenvalue weighted by Crippen LogP contribution is 2.22. The van der Waals surface area contributed by atoms with Crippen LogP contribution in [0.5, 0.6) is 0 Å². The summed E-state index contributed by atoms with van der Waals surface area (Å²) in [6, 6.07) is 16.2. The van der Waals surface area contributed by atoms with Crippen molar-refractivity contribution in [1.82, 2.24) is 5.32 Å². The molecule has 1 unspecified atom stereocenters. The molecule has 0 aliphatic carbocycles. The summed E-state index contributed by atoms with van der Waals surface area (Å²) >= 11 is 0. The molecule has 2 aromatic carbocycles. The number of hydrogen-bond acceptors (Lipinski definition) is 1. The lowest BCUT2D eigenvalue weighted by molar-refractivity contribution is 0.565. The number of rotatable bonds is 5. The van der Waals surface area contributed by atoms with Gasteiger partial charge in [0, 0.05) is 6.04 Å². The largest absolute Gasteiger partial charge is 0.314 e. The molecule has 2 aromatic rings. The molecule has 0 aliphatic rings. The molecule has 2 rings (SSSR count). The maximum absolute atomic E-state index is 3.45. The maximum Gasteiger partial charge on any atom is 0.00790 e. The molecule has 0 radical (unpaired) electrons. The van der Waals surface area contributed by atoms with Crippen molar-refractivity contribution in [2.24, 2.45) is 0 Å². The van der Waals surface area contributed by atoms with Crippen LogP contribution in [0.25, 0.3) is 11.1 Å². The molecule has 1 nitrogen and oxygen atoms in total. The van der Waals surface area contributed by atoms with Crippen LogP contribution in [-0.4, -0.2) is 12.6 Å². The number of likely N-dealkylation sites (N-methyl/N-ethyl adjacent to an activating group) is 1. The monoisotopic (exact) mass is 267 g/mol. The van der Waals surface area contributed by atoms with Crippen molar-refractivity contribution in [2.45, 2.75) is 40.2 Å². The fraction of sp³-hybridized carbons (Fsp3) is 0.368. The standard InChI is InChI=1S/C19H25N/c1-5-20-16(4)13-17-7-10-18(11-8-17)19-9-6-14(2)15(3)12-19/h6-12,16,20H,5,13H2,1-4H3. The zero-order chi connectivity index (χ0) is 14.5. The highest BCUT2D eigenvalue weighted by atomic mass is 14.9. The second-order valence-electron chi connectivity index (χ2n) is 5.66. The number of benzene rings is 2. The van der Waals surface area contributed by atoms with Gasteiger partial charge in [0.2, 0.25) is 0 Å². The zero-order valence-electron chi connectivity index (χ0n) is 13.0. The number of nitrogens with one attached hydrogen (secondary N) is 1. The van der Waals surface area contributed by atoms with Gasteiger partial charge in [-0.3, -0.25) is 0 Å². The lowest BCUT2D eigenvalue weighted by Gasteiger charge is -2.12. The minimum atomic E-state index is 0.535. The van der Waals surface area contributed by atoms with Gasteiger partial charge in [-0.2, -0.15) is 0 Å². The van der Waals surface area contributed by atoms with E-state index in [4.69, 9.17) is 0 Å². The van der Waals surface area contributed by atoms with E-state index in [9.17, 15) is 0 Å². The molecule has 1 heteroatoms. The van der Waals surface area contributed by atoms with Crippen molar-refractivity contribution >= 4 is 0 Å². The van der Waals surface area contributed by atoms with E-state index in [0.717, 1.165) is 13.0 Å². The summed E-state index contributed by atoms with van der Waals surface area (Å²) in [6.07, 6.45) is 1.08. The van der Waals surface area contributed by atoms with Gasteiger partial charge < -0.3 is 5.32 Å². The SMILES string of the molecule is CCNC(C)Cc1ccc(-c2ccc(C)c(C)c2)cc1. The van der Waals surface area contributed by atoms with Gasteiger partial charge in [0.05, 0.1) is 0 Å². The molecule has 1 N–H and O–H groups in total. The molecular formula is C19H25N. The van der Waals surface area contributed by atoms with Crippen molar-refractivity contribution in [1.29, 1.82) is 0 Å². The Morgan fingerprint density at radius 1 is 0.900 bits per heavy atom. The third-order valence-corrected chi connectivity index (χ3v) is 3.89. The second kappa shape index (κ2) is 6.71. The third kappa shape index (κ3) is 3.71. The predicted molar refractivity (Wildman–Crippen MR) is 88.2 cm³/mol. The molecule has 0 fully saturated rings. The maximum atomic E-state index is 3.45. The lowest BCUT2D eigenvalue weighted by Crippen LogP contribution is -2.27. The normalized spacial score (nSPS) is 12.4. The quantitative estimate of drug-likeness (QED) is 0.840. The van der Waals surface area contributed by atoms with E-state index in [1.807, 2.05) is 0 Å². The van der Waals surface area contributed by atoms with Crippen molar-refractivity contribution in [3.05, 3.63) is 59.2 Å². The van der Waals surface area contributed by atoms with Gasteiger partial charge >= 0.3 is 0 Å². The fourth-order valence-corrected chi connectivity index (χ4v) is 2.53.